The van der Waals surface area contributed by atoms with Crippen molar-refractivity contribution in [2.75, 3.05) is 5.32 Å². The fourth-order valence-electron chi connectivity index (χ4n) is 1.96. The standard InChI is InChI=1S/C14H14N4/c1-11-5-4-6-12(9-11)15-10-18-14-8-3-2-7-13(14)16-17-18/h2-9,15H,10H2,1H3. The number of hydrogen-bond donors (Lipinski definition) is 1. The summed E-state index contributed by atoms with van der Waals surface area (Å²) in [5.74, 6) is 0. The summed E-state index contributed by atoms with van der Waals surface area (Å²) in [6.45, 7) is 2.69. The van der Waals surface area contributed by atoms with E-state index >= 15 is 0 Å². The first-order chi connectivity index (χ1) is 8.83. The maximum Gasteiger partial charge on any atom is 0.113 e. The largest absolute Gasteiger partial charge is 0.366 e. The molecule has 0 radical (unpaired) electrons. The molecule has 18 heavy (non-hydrogen) atoms. The van der Waals surface area contributed by atoms with Crippen LogP contribution in [0.15, 0.2) is 48.5 Å². The zero-order valence-electron chi connectivity index (χ0n) is 10.2. The molecule has 0 fully saturated rings. The van der Waals surface area contributed by atoms with Gasteiger partial charge in [0.25, 0.3) is 0 Å². The molecule has 0 spiro atoms. The Hall–Kier alpha value is -2.36. The van der Waals surface area contributed by atoms with E-state index in [4.69, 9.17) is 0 Å². The molecule has 0 aliphatic carbocycles. The molecule has 1 heterocycles. The van der Waals surface area contributed by atoms with E-state index in [9.17, 15) is 0 Å². The van der Waals surface area contributed by atoms with Gasteiger partial charge in [0, 0.05) is 5.69 Å². The molecule has 0 saturated carbocycles. The topological polar surface area (TPSA) is 42.7 Å². The van der Waals surface area contributed by atoms with Crippen molar-refractivity contribution in [3.63, 3.8) is 0 Å². The van der Waals surface area contributed by atoms with Crippen molar-refractivity contribution in [3.05, 3.63) is 54.1 Å². The predicted molar refractivity (Wildman–Crippen MR) is 72.3 cm³/mol. The Labute approximate surface area is 105 Å². The molecule has 3 aromatic rings. The van der Waals surface area contributed by atoms with Gasteiger partial charge < -0.3 is 5.32 Å². The van der Waals surface area contributed by atoms with Crippen LogP contribution >= 0.6 is 0 Å². The van der Waals surface area contributed by atoms with Crippen LogP contribution in [0.1, 0.15) is 5.56 Å². The van der Waals surface area contributed by atoms with Gasteiger partial charge in [-0.05, 0) is 36.8 Å². The van der Waals surface area contributed by atoms with Gasteiger partial charge in [0.15, 0.2) is 0 Å². The number of para-hydroxylation sites is 1. The first-order valence-corrected chi connectivity index (χ1v) is 5.92. The van der Waals surface area contributed by atoms with Gasteiger partial charge in [-0.3, -0.25) is 0 Å². The number of rotatable bonds is 3. The molecule has 90 valence electrons. The highest BCUT2D eigenvalue weighted by Gasteiger charge is 2.02. The third kappa shape index (κ3) is 2.05. The summed E-state index contributed by atoms with van der Waals surface area (Å²) in [5, 5.41) is 11.6. The Morgan fingerprint density at radius 2 is 2.00 bits per heavy atom. The summed E-state index contributed by atoms with van der Waals surface area (Å²) in [6, 6.07) is 16.2. The Balaban J connectivity index is 1.81. The average Bonchev–Trinajstić information content (AvgIpc) is 2.80. The second kappa shape index (κ2) is 4.49. The summed E-state index contributed by atoms with van der Waals surface area (Å²) >= 11 is 0. The van der Waals surface area contributed by atoms with Gasteiger partial charge in [-0.25, -0.2) is 4.68 Å². The number of nitrogens with one attached hydrogen (secondary N) is 1. The van der Waals surface area contributed by atoms with Crippen molar-refractivity contribution in [3.8, 4) is 0 Å². The Morgan fingerprint density at radius 3 is 2.89 bits per heavy atom. The molecule has 1 aromatic heterocycles. The Kier molecular flexibility index (Phi) is 2.68. The van der Waals surface area contributed by atoms with Crippen LogP contribution in [0, 0.1) is 6.92 Å². The van der Waals surface area contributed by atoms with Crippen molar-refractivity contribution < 1.29 is 0 Å². The molecule has 0 unspecified atom stereocenters. The minimum absolute atomic E-state index is 0.615. The zero-order chi connectivity index (χ0) is 12.4. The van der Waals surface area contributed by atoms with E-state index in [0.717, 1.165) is 16.7 Å². The van der Waals surface area contributed by atoms with Gasteiger partial charge in [-0.2, -0.15) is 0 Å². The average molecular weight is 238 g/mol. The van der Waals surface area contributed by atoms with Gasteiger partial charge in [-0.1, -0.05) is 29.5 Å². The molecule has 0 saturated heterocycles. The van der Waals surface area contributed by atoms with Crippen molar-refractivity contribution in [1.29, 1.82) is 0 Å². The zero-order valence-corrected chi connectivity index (χ0v) is 10.2. The number of fused-ring (bicyclic) bond motifs is 1. The summed E-state index contributed by atoms with van der Waals surface area (Å²) in [7, 11) is 0. The van der Waals surface area contributed by atoms with Gasteiger partial charge in [-0.15, -0.1) is 5.10 Å². The third-order valence-electron chi connectivity index (χ3n) is 2.87. The van der Waals surface area contributed by atoms with Gasteiger partial charge in [0.2, 0.25) is 0 Å². The summed E-state index contributed by atoms with van der Waals surface area (Å²) in [6.07, 6.45) is 0. The molecule has 3 rings (SSSR count). The molecule has 0 aliphatic rings. The first-order valence-electron chi connectivity index (χ1n) is 5.92. The normalized spacial score (nSPS) is 10.7. The van der Waals surface area contributed by atoms with E-state index in [1.54, 1.807) is 0 Å². The molecular formula is C14H14N4. The lowest BCUT2D eigenvalue weighted by Gasteiger charge is -2.07. The summed E-state index contributed by atoms with van der Waals surface area (Å²) in [5.41, 5.74) is 4.29. The van der Waals surface area contributed by atoms with Crippen LogP contribution in [0.3, 0.4) is 0 Å². The fourth-order valence-corrected chi connectivity index (χ4v) is 1.96. The van der Waals surface area contributed by atoms with Crippen LogP contribution in [0.2, 0.25) is 0 Å². The van der Waals surface area contributed by atoms with Gasteiger partial charge >= 0.3 is 0 Å². The molecule has 4 nitrogen and oxygen atoms in total. The van der Waals surface area contributed by atoms with E-state index in [1.165, 1.54) is 5.56 Å². The molecule has 1 N–H and O–H groups in total. The quantitative estimate of drug-likeness (QED) is 0.763. The summed E-state index contributed by atoms with van der Waals surface area (Å²) < 4.78 is 1.86. The summed E-state index contributed by atoms with van der Waals surface area (Å²) in [4.78, 5) is 0. The van der Waals surface area contributed by atoms with Gasteiger partial charge in [0.05, 0.1) is 5.52 Å². The maximum atomic E-state index is 4.14. The lowest BCUT2D eigenvalue weighted by Crippen LogP contribution is -2.09. The number of anilines is 1. The van der Waals surface area contributed by atoms with Crippen molar-refractivity contribution in [1.82, 2.24) is 15.0 Å². The highest BCUT2D eigenvalue weighted by atomic mass is 15.4. The third-order valence-corrected chi connectivity index (χ3v) is 2.87. The first kappa shape index (κ1) is 10.8. The van der Waals surface area contributed by atoms with E-state index < -0.39 is 0 Å². The fraction of sp³-hybridized carbons (Fsp3) is 0.143. The second-order valence-electron chi connectivity index (χ2n) is 4.28. The van der Waals surface area contributed by atoms with E-state index in [2.05, 4.69) is 34.7 Å². The van der Waals surface area contributed by atoms with Crippen molar-refractivity contribution in [2.24, 2.45) is 0 Å². The smallest absolute Gasteiger partial charge is 0.113 e. The van der Waals surface area contributed by atoms with Gasteiger partial charge in [0.1, 0.15) is 12.2 Å². The van der Waals surface area contributed by atoms with Crippen molar-refractivity contribution >= 4 is 16.7 Å². The van der Waals surface area contributed by atoms with Crippen molar-refractivity contribution in [2.45, 2.75) is 13.6 Å². The molecule has 0 aliphatic heterocycles. The minimum atomic E-state index is 0.615. The van der Waals surface area contributed by atoms with Crippen LogP contribution in [-0.4, -0.2) is 15.0 Å². The Morgan fingerprint density at radius 1 is 1.11 bits per heavy atom. The SMILES string of the molecule is Cc1cccc(NCn2nnc3ccccc32)c1. The predicted octanol–water partition coefficient (Wildman–Crippen LogP) is 2.81. The number of aryl methyl sites for hydroxylation is 1. The molecule has 0 amide bonds. The number of hydrogen-bond acceptors (Lipinski definition) is 3. The number of nitrogens with zero attached hydrogens (tertiary/aromatic N) is 3. The molecule has 0 atom stereocenters. The number of benzene rings is 2. The molecule has 2 aromatic carbocycles. The van der Waals surface area contributed by atoms with Crippen LogP contribution in [0.5, 0.6) is 0 Å². The van der Waals surface area contributed by atoms with Crippen LogP contribution < -0.4 is 5.32 Å². The number of aromatic nitrogens is 3. The Bertz CT molecular complexity index is 672. The molecule has 0 bridgehead atoms. The lowest BCUT2D eigenvalue weighted by atomic mass is 10.2. The minimum Gasteiger partial charge on any atom is -0.366 e. The molecular weight excluding hydrogens is 224 g/mol. The van der Waals surface area contributed by atoms with E-state index in [-0.39, 0.29) is 0 Å². The van der Waals surface area contributed by atoms with E-state index in [1.807, 2.05) is 41.1 Å². The van der Waals surface area contributed by atoms with E-state index in [0.29, 0.717) is 6.67 Å². The lowest BCUT2D eigenvalue weighted by molar-refractivity contribution is 0.655. The van der Waals surface area contributed by atoms with Crippen LogP contribution in [0.25, 0.3) is 11.0 Å². The van der Waals surface area contributed by atoms with Crippen LogP contribution in [-0.2, 0) is 6.67 Å². The molecule has 4 heteroatoms. The maximum absolute atomic E-state index is 4.14. The highest BCUT2D eigenvalue weighted by Crippen LogP contribution is 2.12. The monoisotopic (exact) mass is 238 g/mol. The van der Waals surface area contributed by atoms with Crippen LogP contribution in [0.4, 0.5) is 5.69 Å². The second-order valence-corrected chi connectivity index (χ2v) is 4.28. The highest BCUT2D eigenvalue weighted by molar-refractivity contribution is 5.73.